The average molecular weight is 1410 g/mol. The molecule has 21 saturated heterocycles. The number of aryl methyl sites for hydroxylation is 1. The molecule has 0 radical (unpaired) electrons. The minimum Gasteiger partial charge on any atom is -0.463 e. The highest BCUT2D eigenvalue weighted by Gasteiger charge is 2.60. The largest absolute Gasteiger partial charge is 0.463 e. The summed E-state index contributed by atoms with van der Waals surface area (Å²) in [5.74, 6) is -0.805. The van der Waals surface area contributed by atoms with Gasteiger partial charge in [0.05, 0.1) is 44.5 Å². The zero-order chi connectivity index (χ0) is 69.7. The fourth-order valence-corrected chi connectivity index (χ4v) is 12.2. The molecule has 22 rings (SSSR count). The summed E-state index contributed by atoms with van der Waals surface area (Å²) in [6, 6.07) is 5.99. The van der Waals surface area contributed by atoms with Crippen molar-refractivity contribution in [2.24, 2.45) is 0 Å². The summed E-state index contributed by atoms with van der Waals surface area (Å²) in [4.78, 5) is 12.8. The first-order valence-electron chi connectivity index (χ1n) is 30.2. The summed E-state index contributed by atoms with van der Waals surface area (Å²) in [7, 11) is -2.39. The number of aliphatic hydroxyl groups is 20. The minimum atomic E-state index is -4.02. The van der Waals surface area contributed by atoms with E-state index in [2.05, 4.69) is 5.32 Å². The third-order valence-electron chi connectivity index (χ3n) is 17.1. The Hall–Kier alpha value is -2.80. The van der Waals surface area contributed by atoms with Crippen LogP contribution in [-0.2, 0) is 86.0 Å². The van der Waals surface area contributed by atoms with Gasteiger partial charge in [0.1, 0.15) is 178 Å². The number of hydrogen-bond acceptors (Lipinski definition) is 39. The van der Waals surface area contributed by atoms with Gasteiger partial charge in [0, 0.05) is 6.42 Å². The van der Waals surface area contributed by atoms with Gasteiger partial charge in [-0.3, -0.25) is 9.35 Å². The topological polar surface area (TPSA) is 627 Å². The van der Waals surface area contributed by atoms with Gasteiger partial charge < -0.3 is 179 Å². The van der Waals surface area contributed by atoms with E-state index < -0.39 is 277 Å². The lowest BCUT2D eigenvalue weighted by Crippen LogP contribution is -2.68. The van der Waals surface area contributed by atoms with Gasteiger partial charge in [-0.05, 0) is 39.1 Å². The Morgan fingerprint density at radius 3 is 0.811 bits per heavy atom. The summed E-state index contributed by atoms with van der Waals surface area (Å²) in [6.07, 6.45) is -71.0. The number of rotatable bonds is 13. The molecule has 21 aliphatic heterocycles. The van der Waals surface area contributed by atoms with E-state index in [4.69, 9.17) is 75.6 Å². The molecule has 35 atom stereocenters. The molecule has 21 aliphatic rings. The Kier molecular flexibility index (Phi) is 28.1. The Morgan fingerprint density at radius 2 is 0.600 bits per heavy atom. The Labute approximate surface area is 540 Å². The zero-order valence-electron chi connectivity index (χ0n) is 50.7. The molecule has 548 valence electrons. The SMILES string of the molecule is CNCCCC(=O)OC[C@H]1O[C@@H]2O[C@H]3[C@H](O)[C@@H](O)[C@@H](O[C@H]4[C@H](O)[C@@H](O)[C@@H](O[C@H]5[C@H](O)[C@@H](O)[C@@H](O[C@H]6[C@@H](O)[C@H](O)[C@@H](O[C@H]7[C@@H](O)[C@H](O)[C@@H](O[C@H]8[C@@H](O)[C@H](O)[C@@H](O[C@H]1[C@H](O)[C@H]2O)O[C@@H]8CO)O[C@@H]7CO)O[C@@H]6CO)O[C@@H]5CO)O[C@@H]4CO)O[C@@H]3CO.Cc1ccc(S(=O)(=O)O)cc1. The standard InChI is InChI=1S/C47H79NO36.C7H8O3S/c1-48-4-2-3-19(55)70-11-18-40-26(62)33(69)47(77-18)83-39-17(10-54)75-45(31(67)24(39)60)81-37-15(8-52)73-43(29(65)22(37)58)79-35-13(6-50)71-41(27(63)20(35)56)78-34-12(5-49)72-42(28(64)21(34)57)80-36-14(7-51)74-44(30(66)23(36)59)82-38-16(9-53)76-46(84-40)32(68)25(38)61;1-6-2-4-7(5-3-6)11(8,9)10/h12-18,20-54,56-69H,2-11H2,1H3;2-5H,1H3,(H,8,9,10)/t12-,13-,14-,15-,16-,17-,18-,20-,21+,22-,23+,24-,25+,26-,27-,28+,29-,30+,31-,32+,33-,34-,35-,36-,37-,38-,39-,40-,41-,42-,43-,44-,45-,46-,47-;/m1./s1. The van der Waals surface area contributed by atoms with E-state index in [0.717, 1.165) is 5.56 Å². The van der Waals surface area contributed by atoms with Gasteiger partial charge in [-0.1, -0.05) is 17.7 Å². The van der Waals surface area contributed by atoms with Crippen LogP contribution in [0, 0.1) is 6.92 Å². The highest BCUT2D eigenvalue weighted by molar-refractivity contribution is 7.85. The second kappa shape index (κ2) is 34.2. The number of nitrogens with one attached hydrogen (secondary N) is 1. The molecule has 21 heterocycles. The van der Waals surface area contributed by atoms with E-state index in [-0.39, 0.29) is 11.3 Å². The van der Waals surface area contributed by atoms with E-state index in [1.165, 1.54) is 12.1 Å². The van der Waals surface area contributed by atoms with Crippen molar-refractivity contribution in [2.45, 2.75) is 240 Å². The maximum atomic E-state index is 12.8. The van der Waals surface area contributed by atoms with Crippen molar-refractivity contribution in [1.29, 1.82) is 0 Å². The van der Waals surface area contributed by atoms with Gasteiger partial charge in [-0.15, -0.1) is 0 Å². The third-order valence-corrected chi connectivity index (χ3v) is 18.0. The molecular weight excluding hydrogens is 1320 g/mol. The maximum Gasteiger partial charge on any atom is 0.305 e. The molecule has 95 heavy (non-hydrogen) atoms. The monoisotopic (exact) mass is 1410 g/mol. The van der Waals surface area contributed by atoms with Gasteiger partial charge in [0.15, 0.2) is 44.0 Å². The normalized spacial score (nSPS) is 47.0. The summed E-state index contributed by atoms with van der Waals surface area (Å²) in [6.45, 7) is -4.95. The molecular formula is C54H87NO39S. The Bertz CT molecular complexity index is 2610. The molecule has 21 fully saturated rings. The number of esters is 1. The maximum absolute atomic E-state index is 12.8. The molecule has 1 aromatic rings. The average Bonchev–Trinajstić information content (AvgIpc) is 0.792. The quantitative estimate of drug-likeness (QED) is 0.0495. The number of hydrogen-bond donors (Lipinski definition) is 22. The fourth-order valence-electron chi connectivity index (χ4n) is 11.8. The molecule has 22 N–H and O–H groups in total. The lowest BCUT2D eigenvalue weighted by Gasteiger charge is -2.50. The van der Waals surface area contributed by atoms with Crippen molar-refractivity contribution in [3.05, 3.63) is 29.8 Å². The van der Waals surface area contributed by atoms with E-state index >= 15 is 0 Å². The predicted octanol–water partition coefficient (Wildman–Crippen LogP) is -13.4. The van der Waals surface area contributed by atoms with E-state index in [1.54, 1.807) is 19.2 Å². The number of carbonyl (C=O) groups is 1. The number of benzene rings is 1. The zero-order valence-corrected chi connectivity index (χ0v) is 51.6. The van der Waals surface area contributed by atoms with Crippen molar-refractivity contribution in [3.8, 4) is 0 Å². The first-order valence-corrected chi connectivity index (χ1v) is 31.7. The van der Waals surface area contributed by atoms with Crippen molar-refractivity contribution in [2.75, 3.05) is 59.8 Å². The second-order valence-corrected chi connectivity index (χ2v) is 25.1. The van der Waals surface area contributed by atoms with Crippen LogP contribution < -0.4 is 5.32 Å². The van der Waals surface area contributed by atoms with E-state index in [9.17, 15) is 115 Å². The summed E-state index contributed by atoms with van der Waals surface area (Å²) in [5, 5.41) is 225. The van der Waals surface area contributed by atoms with Gasteiger partial charge in [-0.2, -0.15) is 8.42 Å². The molecule has 14 bridgehead atoms. The first-order chi connectivity index (χ1) is 45.0. The Morgan fingerprint density at radius 1 is 0.379 bits per heavy atom. The van der Waals surface area contributed by atoms with E-state index in [0.29, 0.717) is 13.0 Å². The highest BCUT2D eigenvalue weighted by Crippen LogP contribution is 2.39. The smallest absolute Gasteiger partial charge is 0.305 e. The van der Waals surface area contributed by atoms with Crippen LogP contribution in [0.5, 0.6) is 0 Å². The molecule has 1 aromatic carbocycles. The number of carbonyl (C=O) groups excluding carboxylic acids is 1. The Balaban J connectivity index is 0.000000952. The van der Waals surface area contributed by atoms with Crippen LogP contribution in [0.15, 0.2) is 29.2 Å². The number of aliphatic hydroxyl groups excluding tert-OH is 20. The lowest BCUT2D eigenvalue weighted by atomic mass is 9.95. The fraction of sp³-hybridized carbons (Fsp3) is 0.870. The van der Waals surface area contributed by atoms with Gasteiger partial charge in [-0.25, -0.2) is 0 Å². The van der Waals surface area contributed by atoms with Crippen LogP contribution in [-0.4, -0.2) is 396 Å². The summed E-state index contributed by atoms with van der Waals surface area (Å²) in [5.41, 5.74) is 0.956. The van der Waals surface area contributed by atoms with Crippen LogP contribution in [0.4, 0.5) is 0 Å². The van der Waals surface area contributed by atoms with Crippen LogP contribution in [0.2, 0.25) is 0 Å². The molecule has 40 nitrogen and oxygen atoms in total. The lowest BCUT2D eigenvalue weighted by molar-refractivity contribution is -0.396. The second-order valence-electron chi connectivity index (χ2n) is 23.6. The highest BCUT2D eigenvalue weighted by atomic mass is 32.2. The van der Waals surface area contributed by atoms with Crippen molar-refractivity contribution >= 4 is 16.1 Å². The first kappa shape index (κ1) is 77.9. The minimum absolute atomic E-state index is 0.0666. The van der Waals surface area contributed by atoms with Gasteiger partial charge in [0.2, 0.25) is 0 Å². The van der Waals surface area contributed by atoms with Crippen LogP contribution in [0.1, 0.15) is 18.4 Å². The molecule has 0 unspecified atom stereocenters. The molecule has 0 saturated carbocycles. The third kappa shape index (κ3) is 17.6. The van der Waals surface area contributed by atoms with Gasteiger partial charge >= 0.3 is 5.97 Å². The molecule has 0 spiro atoms. The van der Waals surface area contributed by atoms with E-state index in [1.807, 2.05) is 6.92 Å². The van der Waals surface area contributed by atoms with Crippen molar-refractivity contribution in [1.82, 2.24) is 5.32 Å². The molecule has 0 aromatic heterocycles. The van der Waals surface area contributed by atoms with Crippen molar-refractivity contribution < 1.29 is 191 Å². The number of ether oxygens (including phenoxy) is 15. The van der Waals surface area contributed by atoms with Crippen LogP contribution >= 0.6 is 0 Å². The van der Waals surface area contributed by atoms with Crippen LogP contribution in [0.25, 0.3) is 0 Å². The molecule has 41 heteroatoms. The summed E-state index contributed by atoms with van der Waals surface area (Å²) < 4.78 is 116. The molecule has 0 amide bonds. The van der Waals surface area contributed by atoms with Crippen LogP contribution in [0.3, 0.4) is 0 Å². The predicted molar refractivity (Wildman–Crippen MR) is 296 cm³/mol. The van der Waals surface area contributed by atoms with Gasteiger partial charge in [0.25, 0.3) is 10.1 Å². The molecule has 0 aliphatic carbocycles. The summed E-state index contributed by atoms with van der Waals surface area (Å²) >= 11 is 0. The van der Waals surface area contributed by atoms with Crippen molar-refractivity contribution in [3.63, 3.8) is 0 Å².